The average Bonchev–Trinajstić information content (AvgIpc) is 3.78. The van der Waals surface area contributed by atoms with E-state index in [2.05, 4.69) is 35.3 Å². The predicted molar refractivity (Wildman–Crippen MR) is 176 cm³/mol. The average molecular weight is 618 g/mol. The fourth-order valence-electron chi connectivity index (χ4n) is 5.57. The Morgan fingerprint density at radius 3 is 2.47 bits per heavy atom. The molecule has 8 heteroatoms. The lowest BCUT2D eigenvalue weighted by molar-refractivity contribution is 0.171. The van der Waals surface area contributed by atoms with Crippen LogP contribution in [0.15, 0.2) is 102 Å². The fourth-order valence-corrected chi connectivity index (χ4v) is 5.77. The summed E-state index contributed by atoms with van der Waals surface area (Å²) in [6.07, 6.45) is 2.46. The summed E-state index contributed by atoms with van der Waals surface area (Å²) in [6.45, 7) is 5.92. The van der Waals surface area contributed by atoms with Gasteiger partial charge in [0.25, 0.3) is 0 Å². The third-order valence-electron chi connectivity index (χ3n) is 7.97. The molecular formula is C37H32ClN3O4. The number of rotatable bonds is 9. The zero-order valence-corrected chi connectivity index (χ0v) is 25.8. The van der Waals surface area contributed by atoms with Gasteiger partial charge in [-0.1, -0.05) is 36.7 Å². The molecular weight excluding hydrogens is 586 g/mol. The van der Waals surface area contributed by atoms with E-state index >= 15 is 0 Å². The fraction of sp³-hybridized carbons (Fsp3) is 0.189. The second-order valence-corrected chi connectivity index (χ2v) is 11.5. The molecule has 3 heterocycles. The molecule has 0 aliphatic carbocycles. The maximum absolute atomic E-state index is 6.71. The molecule has 1 unspecified atom stereocenters. The summed E-state index contributed by atoms with van der Waals surface area (Å²) in [7, 11) is 0. The molecule has 7 nitrogen and oxygen atoms in total. The van der Waals surface area contributed by atoms with Crippen molar-refractivity contribution < 1.29 is 18.6 Å². The number of nitrogens with zero attached hydrogens (tertiary/aromatic N) is 2. The molecule has 1 N–H and O–H groups in total. The van der Waals surface area contributed by atoms with E-state index in [1.807, 2.05) is 79.7 Å². The second kappa shape index (κ2) is 12.5. The lowest BCUT2D eigenvalue weighted by Gasteiger charge is -2.18. The van der Waals surface area contributed by atoms with E-state index in [1.165, 1.54) is 5.56 Å². The number of aromatic nitrogens is 3. The molecule has 0 amide bonds. The van der Waals surface area contributed by atoms with Gasteiger partial charge in [-0.15, -0.1) is 0 Å². The van der Waals surface area contributed by atoms with Crippen LogP contribution in [0.5, 0.6) is 17.2 Å². The minimum Gasteiger partial charge on any atom is -0.494 e. The van der Waals surface area contributed by atoms with Crippen molar-refractivity contribution in [3.8, 4) is 62.5 Å². The predicted octanol–water partition coefficient (Wildman–Crippen LogP) is 9.24. The van der Waals surface area contributed by atoms with E-state index in [0.29, 0.717) is 25.7 Å². The highest BCUT2D eigenvalue weighted by Crippen LogP contribution is 2.36. The molecule has 226 valence electrons. The van der Waals surface area contributed by atoms with Crippen molar-refractivity contribution in [2.24, 2.45) is 0 Å². The van der Waals surface area contributed by atoms with Gasteiger partial charge in [0, 0.05) is 21.7 Å². The Kier molecular flexibility index (Phi) is 8.01. The lowest BCUT2D eigenvalue weighted by Crippen LogP contribution is -2.15. The Hall–Kier alpha value is -5.01. The van der Waals surface area contributed by atoms with E-state index in [0.717, 1.165) is 73.6 Å². The largest absolute Gasteiger partial charge is 0.494 e. The van der Waals surface area contributed by atoms with Crippen LogP contribution in [0.1, 0.15) is 30.9 Å². The number of ether oxygens (including phenoxy) is 3. The molecule has 1 aliphatic heterocycles. The Bertz CT molecular complexity index is 1950. The van der Waals surface area contributed by atoms with Gasteiger partial charge in [-0.2, -0.15) is 5.10 Å². The smallest absolute Gasteiger partial charge is 0.226 e. The highest BCUT2D eigenvalue weighted by molar-refractivity contribution is 6.31. The number of halogens is 1. The first kappa shape index (κ1) is 28.7. The molecule has 0 bridgehead atoms. The summed E-state index contributed by atoms with van der Waals surface area (Å²) in [6, 6.07) is 30.3. The third kappa shape index (κ3) is 6.17. The minimum absolute atomic E-state index is 0.202. The van der Waals surface area contributed by atoms with Gasteiger partial charge in [-0.3, -0.25) is 5.10 Å². The summed E-state index contributed by atoms with van der Waals surface area (Å²) in [4.78, 5) is 4.76. The molecule has 1 atom stereocenters. The van der Waals surface area contributed by atoms with Crippen LogP contribution in [0.3, 0.4) is 0 Å². The summed E-state index contributed by atoms with van der Waals surface area (Å²) in [5, 5.41) is 8.50. The zero-order valence-electron chi connectivity index (χ0n) is 25.0. The molecule has 4 aromatic carbocycles. The lowest BCUT2D eigenvalue weighted by atomic mass is 9.91. The number of hydrogen-bond acceptors (Lipinski definition) is 6. The molecule has 45 heavy (non-hydrogen) atoms. The molecule has 0 saturated heterocycles. The van der Waals surface area contributed by atoms with Crippen molar-refractivity contribution in [1.82, 2.24) is 15.2 Å². The first-order chi connectivity index (χ1) is 22.0. The highest BCUT2D eigenvalue weighted by atomic mass is 35.5. The number of nitrogens with one attached hydrogen (secondary N) is 1. The Labute approximate surface area is 266 Å². The van der Waals surface area contributed by atoms with Crippen molar-refractivity contribution in [3.63, 3.8) is 0 Å². The van der Waals surface area contributed by atoms with Crippen molar-refractivity contribution in [3.05, 3.63) is 113 Å². The molecule has 0 radical (unpaired) electrons. The van der Waals surface area contributed by atoms with E-state index in [1.54, 1.807) is 6.26 Å². The van der Waals surface area contributed by atoms with Gasteiger partial charge in [0.15, 0.2) is 11.5 Å². The Balaban J connectivity index is 1.07. The van der Waals surface area contributed by atoms with Gasteiger partial charge in [-0.05, 0) is 109 Å². The number of H-pyrrole nitrogens is 1. The summed E-state index contributed by atoms with van der Waals surface area (Å²) in [5.41, 5.74) is 8.67. The van der Waals surface area contributed by atoms with Gasteiger partial charge in [0.05, 0.1) is 18.0 Å². The molecule has 0 spiro atoms. The SMILES string of the molecule is CCOc1ccc(-c2coc(-c3cccc(C(C)Cc4cc(-c5cc(-c6ccc7c(c6)OCCO7)n[nH]5)ccc4Cl)c3)n2)cc1. The molecule has 0 fully saturated rings. The van der Waals surface area contributed by atoms with Crippen LogP contribution in [-0.2, 0) is 6.42 Å². The van der Waals surface area contributed by atoms with Crippen molar-refractivity contribution in [2.45, 2.75) is 26.2 Å². The van der Waals surface area contributed by atoms with Crippen molar-refractivity contribution >= 4 is 11.6 Å². The second-order valence-electron chi connectivity index (χ2n) is 11.1. The third-order valence-corrected chi connectivity index (χ3v) is 8.34. The van der Waals surface area contributed by atoms with Crippen LogP contribution in [0.2, 0.25) is 5.02 Å². The summed E-state index contributed by atoms with van der Waals surface area (Å²) in [5.74, 6) is 3.13. The van der Waals surface area contributed by atoms with Crippen molar-refractivity contribution in [2.75, 3.05) is 19.8 Å². The molecule has 1 aliphatic rings. The molecule has 2 aromatic heterocycles. The molecule has 7 rings (SSSR count). The van der Waals surface area contributed by atoms with Crippen LogP contribution < -0.4 is 14.2 Å². The summed E-state index contributed by atoms with van der Waals surface area (Å²) < 4.78 is 22.9. The maximum Gasteiger partial charge on any atom is 0.226 e. The van der Waals surface area contributed by atoms with Crippen LogP contribution in [-0.4, -0.2) is 35.0 Å². The normalized spacial score (nSPS) is 13.0. The van der Waals surface area contributed by atoms with Gasteiger partial charge < -0.3 is 18.6 Å². The monoisotopic (exact) mass is 617 g/mol. The van der Waals surface area contributed by atoms with E-state index in [4.69, 9.17) is 35.2 Å². The van der Waals surface area contributed by atoms with Crippen molar-refractivity contribution in [1.29, 1.82) is 0 Å². The Morgan fingerprint density at radius 1 is 0.822 bits per heavy atom. The van der Waals surface area contributed by atoms with Gasteiger partial charge >= 0.3 is 0 Å². The van der Waals surface area contributed by atoms with Gasteiger partial charge in [0.2, 0.25) is 5.89 Å². The van der Waals surface area contributed by atoms with Crippen LogP contribution >= 0.6 is 11.6 Å². The maximum atomic E-state index is 6.71. The van der Waals surface area contributed by atoms with E-state index < -0.39 is 0 Å². The summed E-state index contributed by atoms with van der Waals surface area (Å²) >= 11 is 6.71. The van der Waals surface area contributed by atoms with Crippen LogP contribution in [0.25, 0.3) is 45.2 Å². The van der Waals surface area contributed by atoms with Gasteiger partial charge in [-0.25, -0.2) is 4.98 Å². The number of hydrogen-bond donors (Lipinski definition) is 1. The minimum atomic E-state index is 0.202. The Morgan fingerprint density at radius 2 is 1.62 bits per heavy atom. The topological polar surface area (TPSA) is 82.4 Å². The standard InChI is InChI=1S/C37H32ClN3O4/c1-3-42-30-11-7-24(8-12-30)34-22-45-37(39-34)28-6-4-5-25(18-28)23(2)17-29-19-26(9-13-31(29)38)32-21-33(41-40-32)27-10-14-35-36(20-27)44-16-15-43-35/h4-14,18-23H,3,15-17H2,1-2H3,(H,40,41). The number of aromatic amines is 1. The molecule has 6 aromatic rings. The number of fused-ring (bicyclic) bond motifs is 1. The zero-order chi connectivity index (χ0) is 30.8. The number of benzene rings is 4. The van der Waals surface area contributed by atoms with Crippen LogP contribution in [0.4, 0.5) is 0 Å². The quantitative estimate of drug-likeness (QED) is 0.174. The van der Waals surface area contributed by atoms with Crippen LogP contribution in [0, 0.1) is 0 Å². The first-order valence-corrected chi connectivity index (χ1v) is 15.4. The highest BCUT2D eigenvalue weighted by Gasteiger charge is 2.17. The number of oxazole rings is 1. The first-order valence-electron chi connectivity index (χ1n) is 15.1. The molecule has 0 saturated carbocycles. The van der Waals surface area contributed by atoms with Gasteiger partial charge in [0.1, 0.15) is 30.9 Å². The van der Waals surface area contributed by atoms with E-state index in [-0.39, 0.29) is 5.92 Å². The van der Waals surface area contributed by atoms with E-state index in [9.17, 15) is 0 Å².